The van der Waals surface area contributed by atoms with Crippen LogP contribution in [0.3, 0.4) is 0 Å². The van der Waals surface area contributed by atoms with E-state index in [2.05, 4.69) is 132 Å². The van der Waals surface area contributed by atoms with Crippen molar-refractivity contribution in [3.8, 4) is 22.4 Å². The molecule has 2 atom stereocenters. The summed E-state index contributed by atoms with van der Waals surface area (Å²) in [6.45, 7) is 0. The molecule has 2 aliphatic rings. The van der Waals surface area contributed by atoms with E-state index >= 15 is 0 Å². The van der Waals surface area contributed by atoms with Crippen LogP contribution < -0.4 is 5.01 Å². The molecule has 0 unspecified atom stereocenters. The lowest BCUT2D eigenvalue weighted by molar-refractivity contribution is 0.487. The average Bonchev–Trinajstić information content (AvgIpc) is 3.65. The zero-order chi connectivity index (χ0) is 26.0. The number of thiazole rings is 1. The number of aromatic nitrogens is 1. The minimum absolute atomic E-state index is 0.153. The Morgan fingerprint density at radius 1 is 0.718 bits per heavy atom. The molecule has 0 amide bonds. The van der Waals surface area contributed by atoms with Crippen molar-refractivity contribution in [3.63, 3.8) is 0 Å². The normalized spacial score (nSPS) is 19.6. The molecule has 5 aromatic rings. The monoisotopic (exact) mass is 523 g/mol. The molecule has 4 heteroatoms. The highest BCUT2D eigenvalue weighted by atomic mass is 32.1. The molecule has 4 aromatic carbocycles. The van der Waals surface area contributed by atoms with Gasteiger partial charge in [0.05, 0.1) is 17.4 Å². The molecule has 0 N–H and O–H groups in total. The first-order valence-corrected chi connectivity index (χ1v) is 14.5. The van der Waals surface area contributed by atoms with Crippen molar-refractivity contribution < 1.29 is 0 Å². The number of anilines is 1. The van der Waals surface area contributed by atoms with E-state index in [4.69, 9.17) is 10.1 Å². The Morgan fingerprint density at radius 3 is 2.10 bits per heavy atom. The number of hydrazone groups is 1. The summed E-state index contributed by atoms with van der Waals surface area (Å²) in [7, 11) is 0. The van der Waals surface area contributed by atoms with Crippen LogP contribution in [-0.4, -0.2) is 10.7 Å². The third-order valence-corrected chi connectivity index (χ3v) is 8.59. The molecule has 2 heterocycles. The van der Waals surface area contributed by atoms with Gasteiger partial charge in [-0.05, 0) is 53.2 Å². The maximum atomic E-state index is 5.31. The standard InChI is InChI=1S/C35H29N3S/c1-4-11-25(12-5-1)23-30-17-10-18-31-33(30)37-38(34(31)29-15-8-3-9-16-29)35-36-32(24-39-35)28-21-19-27(20-22-28)26-13-6-2-7-14-26/h1-9,11-16,19-24,31,34H,10,17-18H2/b30-23-/t31-,34-/m0/s1. The van der Waals surface area contributed by atoms with Crippen molar-refractivity contribution in [3.05, 3.63) is 137 Å². The Morgan fingerprint density at radius 2 is 1.36 bits per heavy atom. The molecule has 3 nitrogen and oxygen atoms in total. The number of benzene rings is 4. The smallest absolute Gasteiger partial charge is 0.207 e. The van der Waals surface area contributed by atoms with Crippen LogP contribution in [0.15, 0.2) is 131 Å². The van der Waals surface area contributed by atoms with Gasteiger partial charge in [-0.2, -0.15) is 5.10 Å². The number of hydrogen-bond donors (Lipinski definition) is 0. The van der Waals surface area contributed by atoms with Gasteiger partial charge in [0, 0.05) is 16.9 Å². The van der Waals surface area contributed by atoms with Crippen molar-refractivity contribution in [1.82, 2.24) is 4.98 Å². The fourth-order valence-electron chi connectivity index (χ4n) is 5.86. The molecule has 0 saturated heterocycles. The number of hydrogen-bond acceptors (Lipinski definition) is 4. The Labute approximate surface area is 233 Å². The Balaban J connectivity index is 1.24. The first kappa shape index (κ1) is 23.8. The van der Waals surface area contributed by atoms with Gasteiger partial charge in [0.2, 0.25) is 5.13 Å². The van der Waals surface area contributed by atoms with Crippen molar-refractivity contribution in [2.45, 2.75) is 25.3 Å². The van der Waals surface area contributed by atoms with E-state index < -0.39 is 0 Å². The van der Waals surface area contributed by atoms with E-state index in [0.29, 0.717) is 5.92 Å². The fraction of sp³-hybridized carbons (Fsp3) is 0.143. The van der Waals surface area contributed by atoms with Gasteiger partial charge in [-0.25, -0.2) is 9.99 Å². The average molecular weight is 524 g/mol. The Bertz CT molecular complexity index is 1620. The molecule has 39 heavy (non-hydrogen) atoms. The van der Waals surface area contributed by atoms with E-state index in [9.17, 15) is 0 Å². The second-order valence-corrected chi connectivity index (χ2v) is 11.1. The minimum Gasteiger partial charge on any atom is -0.231 e. The van der Waals surface area contributed by atoms with E-state index in [-0.39, 0.29) is 6.04 Å². The topological polar surface area (TPSA) is 28.5 Å². The maximum absolute atomic E-state index is 5.31. The molecule has 0 bridgehead atoms. The van der Waals surface area contributed by atoms with Crippen LogP contribution in [0.5, 0.6) is 0 Å². The summed E-state index contributed by atoms with van der Waals surface area (Å²) in [5, 5.41) is 10.6. The fourth-order valence-corrected chi connectivity index (χ4v) is 6.68. The van der Waals surface area contributed by atoms with Crippen molar-refractivity contribution >= 4 is 28.3 Å². The van der Waals surface area contributed by atoms with Crippen LogP contribution in [0.25, 0.3) is 28.5 Å². The Hall–Kier alpha value is -4.28. The number of rotatable bonds is 5. The third kappa shape index (κ3) is 4.73. The van der Waals surface area contributed by atoms with Gasteiger partial charge in [-0.3, -0.25) is 0 Å². The highest BCUT2D eigenvalue weighted by molar-refractivity contribution is 7.14. The van der Waals surface area contributed by atoms with Crippen LogP contribution in [0.2, 0.25) is 0 Å². The van der Waals surface area contributed by atoms with Gasteiger partial charge < -0.3 is 0 Å². The third-order valence-electron chi connectivity index (χ3n) is 7.76. The lowest BCUT2D eigenvalue weighted by Gasteiger charge is -2.29. The van der Waals surface area contributed by atoms with Gasteiger partial charge >= 0.3 is 0 Å². The van der Waals surface area contributed by atoms with Crippen LogP contribution >= 0.6 is 11.3 Å². The largest absolute Gasteiger partial charge is 0.231 e. The number of allylic oxidation sites excluding steroid dienone is 1. The summed E-state index contributed by atoms with van der Waals surface area (Å²) in [6.07, 6.45) is 5.71. The summed E-state index contributed by atoms with van der Waals surface area (Å²) in [6, 6.07) is 40.8. The van der Waals surface area contributed by atoms with E-state index in [0.717, 1.165) is 29.2 Å². The minimum atomic E-state index is 0.153. The predicted octanol–water partition coefficient (Wildman–Crippen LogP) is 9.28. The highest BCUT2D eigenvalue weighted by Gasteiger charge is 2.42. The van der Waals surface area contributed by atoms with Crippen LogP contribution in [-0.2, 0) is 0 Å². The van der Waals surface area contributed by atoms with Crippen molar-refractivity contribution in [2.75, 3.05) is 5.01 Å². The van der Waals surface area contributed by atoms with Crippen LogP contribution in [0.4, 0.5) is 5.13 Å². The van der Waals surface area contributed by atoms with Crippen LogP contribution in [0, 0.1) is 5.92 Å². The molecule has 0 spiro atoms. The van der Waals surface area contributed by atoms with Crippen molar-refractivity contribution in [2.24, 2.45) is 11.0 Å². The lowest BCUT2D eigenvalue weighted by atomic mass is 9.77. The number of fused-ring (bicyclic) bond motifs is 1. The SMILES string of the molecule is C(=C1\CCC[C@H]2C1=NN(c1nc(-c3ccc(-c4ccccc4)cc3)cs1)[C@H]2c1ccccc1)/c1ccccc1. The van der Waals surface area contributed by atoms with Gasteiger partial charge in [0.15, 0.2) is 0 Å². The zero-order valence-electron chi connectivity index (χ0n) is 21.7. The summed E-state index contributed by atoms with van der Waals surface area (Å²) in [5.41, 5.74) is 9.68. The molecular weight excluding hydrogens is 494 g/mol. The molecule has 1 aromatic heterocycles. The van der Waals surface area contributed by atoms with E-state index in [1.54, 1.807) is 11.3 Å². The maximum Gasteiger partial charge on any atom is 0.207 e. The Kier molecular flexibility index (Phi) is 6.39. The first-order valence-electron chi connectivity index (χ1n) is 13.6. The quantitative estimate of drug-likeness (QED) is 0.230. The summed E-state index contributed by atoms with van der Waals surface area (Å²) in [4.78, 5) is 5.13. The predicted molar refractivity (Wildman–Crippen MR) is 164 cm³/mol. The molecule has 1 fully saturated rings. The first-order chi connectivity index (χ1) is 19.3. The number of nitrogens with zero attached hydrogens (tertiary/aromatic N) is 3. The second kappa shape index (κ2) is 10.5. The van der Waals surface area contributed by atoms with E-state index in [1.165, 1.54) is 40.0 Å². The lowest BCUT2D eigenvalue weighted by Crippen LogP contribution is -2.28. The summed E-state index contributed by atoms with van der Waals surface area (Å²) < 4.78 is 0. The summed E-state index contributed by atoms with van der Waals surface area (Å²) >= 11 is 1.68. The molecule has 1 saturated carbocycles. The summed E-state index contributed by atoms with van der Waals surface area (Å²) in [5.74, 6) is 0.355. The molecular formula is C35H29N3S. The van der Waals surface area contributed by atoms with Gasteiger partial charge in [-0.1, -0.05) is 115 Å². The van der Waals surface area contributed by atoms with Gasteiger partial charge in [-0.15, -0.1) is 11.3 Å². The molecule has 0 radical (unpaired) electrons. The van der Waals surface area contributed by atoms with Crippen molar-refractivity contribution in [1.29, 1.82) is 0 Å². The second-order valence-electron chi connectivity index (χ2n) is 10.2. The highest BCUT2D eigenvalue weighted by Crippen LogP contribution is 2.47. The van der Waals surface area contributed by atoms with Gasteiger partial charge in [0.25, 0.3) is 0 Å². The van der Waals surface area contributed by atoms with Gasteiger partial charge in [0.1, 0.15) is 0 Å². The van der Waals surface area contributed by atoms with Crippen LogP contribution in [0.1, 0.15) is 36.4 Å². The molecule has 190 valence electrons. The molecule has 7 rings (SSSR count). The van der Waals surface area contributed by atoms with E-state index in [1.807, 2.05) is 0 Å². The molecule has 1 aliphatic heterocycles. The molecule has 1 aliphatic carbocycles. The zero-order valence-corrected chi connectivity index (χ0v) is 22.5.